The topological polar surface area (TPSA) is 97.1 Å². The predicted molar refractivity (Wildman–Crippen MR) is 148 cm³/mol. The molecule has 1 aliphatic heterocycles. The second-order valence-corrected chi connectivity index (χ2v) is 10.5. The molecular formula is C29H33FN6O2. The second kappa shape index (κ2) is 10.1. The van der Waals surface area contributed by atoms with Crippen molar-refractivity contribution in [2.75, 3.05) is 32.5 Å². The number of rotatable bonds is 8. The summed E-state index contributed by atoms with van der Waals surface area (Å²) in [5, 5.41) is 3.42. The lowest BCUT2D eigenvalue weighted by Gasteiger charge is -2.18. The predicted octanol–water partition coefficient (Wildman–Crippen LogP) is 4.23. The first-order valence-corrected chi connectivity index (χ1v) is 12.8. The van der Waals surface area contributed by atoms with Crippen molar-refractivity contribution in [3.63, 3.8) is 0 Å². The molecule has 1 unspecified atom stereocenters. The number of nitrogens with one attached hydrogen (secondary N) is 3. The Hall–Kier alpha value is -3.98. The molecule has 0 saturated carbocycles. The van der Waals surface area contributed by atoms with Gasteiger partial charge in [-0.15, -0.1) is 0 Å². The summed E-state index contributed by atoms with van der Waals surface area (Å²) >= 11 is 0. The van der Waals surface area contributed by atoms with Crippen LogP contribution in [0.5, 0.6) is 0 Å². The van der Waals surface area contributed by atoms with Crippen LogP contribution < -0.4 is 10.9 Å². The van der Waals surface area contributed by atoms with E-state index in [-0.39, 0.29) is 23.3 Å². The van der Waals surface area contributed by atoms with Gasteiger partial charge in [-0.05, 0) is 87.8 Å². The molecule has 3 heterocycles. The minimum Gasteiger partial charge on any atom is -0.381 e. The Kier molecular flexibility index (Phi) is 6.79. The number of H-pyrrole nitrogens is 2. The van der Waals surface area contributed by atoms with Gasteiger partial charge in [0.25, 0.3) is 11.5 Å². The number of carbonyl (C=O) groups excluding carboxylic acids is 1. The zero-order chi connectivity index (χ0) is 27.1. The second-order valence-electron chi connectivity index (χ2n) is 10.5. The highest BCUT2D eigenvalue weighted by atomic mass is 19.1. The number of benzene rings is 2. The summed E-state index contributed by atoms with van der Waals surface area (Å²) < 4.78 is 13.8. The molecule has 198 valence electrons. The molecule has 0 aliphatic carbocycles. The van der Waals surface area contributed by atoms with Crippen LogP contribution in [0.4, 0.5) is 10.1 Å². The summed E-state index contributed by atoms with van der Waals surface area (Å²) in [6.45, 7) is 7.95. The van der Waals surface area contributed by atoms with Crippen LogP contribution >= 0.6 is 0 Å². The van der Waals surface area contributed by atoms with E-state index in [1.807, 2.05) is 45.8 Å². The third-order valence-corrected chi connectivity index (χ3v) is 7.27. The summed E-state index contributed by atoms with van der Waals surface area (Å²) in [6.07, 6.45) is 2.19. The number of amides is 1. The van der Waals surface area contributed by atoms with E-state index in [0.29, 0.717) is 42.1 Å². The summed E-state index contributed by atoms with van der Waals surface area (Å²) in [6, 6.07) is 8.37. The van der Waals surface area contributed by atoms with E-state index in [4.69, 9.17) is 4.98 Å². The maximum atomic E-state index is 13.8. The van der Waals surface area contributed by atoms with Crippen molar-refractivity contribution in [3.8, 4) is 11.4 Å². The van der Waals surface area contributed by atoms with E-state index in [1.165, 1.54) is 6.07 Å². The summed E-state index contributed by atoms with van der Waals surface area (Å²) in [4.78, 5) is 40.9. The Bertz CT molecular complexity index is 1590. The first-order valence-electron chi connectivity index (χ1n) is 12.8. The molecule has 0 spiro atoms. The van der Waals surface area contributed by atoms with Gasteiger partial charge in [-0.25, -0.2) is 9.37 Å². The Labute approximate surface area is 220 Å². The average Bonchev–Trinajstić information content (AvgIpc) is 3.42. The van der Waals surface area contributed by atoms with Crippen LogP contribution in [-0.4, -0.2) is 63.9 Å². The molecule has 4 aromatic rings. The number of imidazole rings is 1. The van der Waals surface area contributed by atoms with Gasteiger partial charge in [0.2, 0.25) is 0 Å². The lowest BCUT2D eigenvalue weighted by atomic mass is 10.0. The third kappa shape index (κ3) is 4.81. The van der Waals surface area contributed by atoms with Gasteiger partial charge in [-0.1, -0.05) is 6.07 Å². The quantitative estimate of drug-likeness (QED) is 0.326. The third-order valence-electron chi connectivity index (χ3n) is 7.27. The SMILES string of the molecule is Cc1ccc(F)cc1CC(C)Nc1cc[nH]c(=O)c1-c1nc2c(C)c3c(cc2[nH]1)C(=O)N(CCN(C)C)C3. The molecule has 0 bridgehead atoms. The van der Waals surface area contributed by atoms with Gasteiger partial charge in [0, 0.05) is 37.4 Å². The van der Waals surface area contributed by atoms with Crippen molar-refractivity contribution >= 4 is 22.6 Å². The number of aryl methyl sites for hydroxylation is 2. The van der Waals surface area contributed by atoms with Crippen molar-refractivity contribution in [2.45, 2.75) is 39.8 Å². The highest BCUT2D eigenvalue weighted by Crippen LogP contribution is 2.33. The van der Waals surface area contributed by atoms with Gasteiger partial charge in [0.15, 0.2) is 0 Å². The lowest BCUT2D eigenvalue weighted by Crippen LogP contribution is -2.31. The lowest BCUT2D eigenvalue weighted by molar-refractivity contribution is 0.0768. The number of hydrogen-bond acceptors (Lipinski definition) is 5. The molecule has 0 fully saturated rings. The number of aromatic nitrogens is 3. The van der Waals surface area contributed by atoms with Gasteiger partial charge < -0.3 is 25.1 Å². The maximum Gasteiger partial charge on any atom is 0.261 e. The average molecular weight is 517 g/mol. The Morgan fingerprint density at radius 1 is 1.18 bits per heavy atom. The fraction of sp³-hybridized carbons (Fsp3) is 0.345. The van der Waals surface area contributed by atoms with Crippen molar-refractivity contribution < 1.29 is 9.18 Å². The minimum atomic E-state index is -0.278. The Morgan fingerprint density at radius 3 is 2.74 bits per heavy atom. The van der Waals surface area contributed by atoms with Crippen molar-refractivity contribution in [1.29, 1.82) is 0 Å². The molecule has 1 amide bonds. The smallest absolute Gasteiger partial charge is 0.261 e. The molecule has 38 heavy (non-hydrogen) atoms. The standard InChI is InChI=1S/C29H33FN6O2/c1-16-6-7-20(30)13-19(16)12-17(2)32-23-8-9-31-28(37)25(23)27-33-24-14-21-22(18(3)26(24)34-27)15-36(29(21)38)11-10-35(4)5/h6-9,13-14,17H,10-12,15H2,1-5H3,(H,33,34)(H2,31,32,37). The molecule has 2 aromatic heterocycles. The van der Waals surface area contributed by atoms with Crippen LogP contribution in [0.1, 0.15) is 39.5 Å². The number of fused-ring (bicyclic) bond motifs is 2. The molecule has 2 aromatic carbocycles. The van der Waals surface area contributed by atoms with Gasteiger partial charge in [-0.2, -0.15) is 0 Å². The number of halogens is 1. The number of nitrogens with zero attached hydrogens (tertiary/aromatic N) is 3. The highest BCUT2D eigenvalue weighted by Gasteiger charge is 2.30. The largest absolute Gasteiger partial charge is 0.381 e. The first-order chi connectivity index (χ1) is 18.1. The van der Waals surface area contributed by atoms with E-state index in [9.17, 15) is 14.0 Å². The first kappa shape index (κ1) is 25.7. The van der Waals surface area contributed by atoms with Crippen LogP contribution in [0, 0.1) is 19.7 Å². The van der Waals surface area contributed by atoms with Crippen LogP contribution in [0.15, 0.2) is 41.3 Å². The van der Waals surface area contributed by atoms with Gasteiger partial charge in [0.1, 0.15) is 17.2 Å². The van der Waals surface area contributed by atoms with E-state index in [1.54, 1.807) is 24.4 Å². The van der Waals surface area contributed by atoms with Crippen LogP contribution in [0.3, 0.4) is 0 Å². The maximum absolute atomic E-state index is 13.8. The Morgan fingerprint density at radius 2 is 1.97 bits per heavy atom. The van der Waals surface area contributed by atoms with Crippen LogP contribution in [0.2, 0.25) is 0 Å². The van der Waals surface area contributed by atoms with E-state index in [0.717, 1.165) is 39.8 Å². The summed E-state index contributed by atoms with van der Waals surface area (Å²) in [5.41, 5.74) is 6.75. The molecule has 0 radical (unpaired) electrons. The summed E-state index contributed by atoms with van der Waals surface area (Å²) in [7, 11) is 3.98. The van der Waals surface area contributed by atoms with E-state index in [2.05, 4.69) is 20.2 Å². The van der Waals surface area contributed by atoms with Crippen molar-refractivity contribution in [1.82, 2.24) is 24.8 Å². The number of hydrogen-bond donors (Lipinski definition) is 3. The van der Waals surface area contributed by atoms with E-state index < -0.39 is 0 Å². The van der Waals surface area contributed by atoms with Crippen molar-refractivity contribution in [2.24, 2.45) is 0 Å². The number of aromatic amines is 2. The molecule has 0 saturated heterocycles. The van der Waals surface area contributed by atoms with Crippen molar-refractivity contribution in [3.05, 3.63) is 80.5 Å². The highest BCUT2D eigenvalue weighted by molar-refractivity contribution is 6.03. The van der Waals surface area contributed by atoms with Gasteiger partial charge >= 0.3 is 0 Å². The van der Waals surface area contributed by atoms with Crippen LogP contribution in [0.25, 0.3) is 22.4 Å². The number of anilines is 1. The van der Waals surface area contributed by atoms with Gasteiger partial charge in [-0.3, -0.25) is 9.59 Å². The molecule has 9 heteroatoms. The molecule has 5 rings (SSSR count). The number of carbonyl (C=O) groups is 1. The van der Waals surface area contributed by atoms with Gasteiger partial charge in [0.05, 0.1) is 16.7 Å². The van der Waals surface area contributed by atoms with E-state index >= 15 is 0 Å². The zero-order valence-electron chi connectivity index (χ0n) is 22.4. The molecule has 3 N–H and O–H groups in total. The summed E-state index contributed by atoms with van der Waals surface area (Å²) in [5.74, 6) is 0.185. The minimum absolute atomic E-state index is 0.0179. The Balaban J connectivity index is 1.46. The normalized spacial score (nSPS) is 14.0. The molecule has 1 aliphatic rings. The molecule has 1 atom stereocenters. The fourth-order valence-corrected chi connectivity index (χ4v) is 5.14. The fourth-order valence-electron chi connectivity index (χ4n) is 5.14. The van der Waals surface area contributed by atoms with Crippen LogP contribution in [-0.2, 0) is 13.0 Å². The number of likely N-dealkylation sites (N-methyl/N-ethyl adjacent to an activating group) is 1. The molecular weight excluding hydrogens is 483 g/mol. The monoisotopic (exact) mass is 516 g/mol. The molecule has 8 nitrogen and oxygen atoms in total. The zero-order valence-corrected chi connectivity index (χ0v) is 22.4. The number of pyridine rings is 1.